The first-order chi connectivity index (χ1) is 4.86. The van der Waals surface area contributed by atoms with Gasteiger partial charge >= 0.3 is 0 Å². The summed E-state index contributed by atoms with van der Waals surface area (Å²) >= 11 is 0. The minimum Gasteiger partial charge on any atom is -0.295 e. The molecule has 0 aromatic carbocycles. The first-order valence-corrected chi connectivity index (χ1v) is 4.06. The third kappa shape index (κ3) is 3.97. The molecule has 0 spiro atoms. The fourth-order valence-corrected chi connectivity index (χ4v) is 0.525. The fraction of sp³-hybridized carbons (Fsp3) is 0.700. The molecule has 0 rings (SSSR count). The van der Waals surface area contributed by atoms with Crippen molar-refractivity contribution >= 4 is 5.78 Å². The molecule has 0 atom stereocenters. The molecule has 0 heterocycles. The fourth-order valence-electron chi connectivity index (χ4n) is 0.525. The molecule has 0 aliphatic rings. The highest BCUT2D eigenvalue weighted by Gasteiger charge is 2.18. The Bertz CT molecular complexity index is 164. The number of allylic oxidation sites excluding steroid dienone is 2. The van der Waals surface area contributed by atoms with Crippen LogP contribution in [0.3, 0.4) is 0 Å². The number of carbonyl (C=O) groups is 1. The minimum atomic E-state index is 0.124. The average molecular weight is 154 g/mol. The minimum absolute atomic E-state index is 0.124. The van der Waals surface area contributed by atoms with Crippen LogP contribution in [0.5, 0.6) is 0 Å². The van der Waals surface area contributed by atoms with Crippen LogP contribution in [0.15, 0.2) is 12.2 Å². The largest absolute Gasteiger partial charge is 0.295 e. The summed E-state index contributed by atoms with van der Waals surface area (Å²) < 4.78 is 0. The van der Waals surface area contributed by atoms with Gasteiger partial charge in [0.15, 0.2) is 5.78 Å². The quantitative estimate of drug-likeness (QED) is 0.571. The van der Waals surface area contributed by atoms with Crippen LogP contribution >= 0.6 is 0 Å². The van der Waals surface area contributed by atoms with E-state index in [1.165, 1.54) is 0 Å². The average Bonchev–Trinajstić information content (AvgIpc) is 1.84. The zero-order valence-corrected chi connectivity index (χ0v) is 8.14. The molecule has 0 unspecified atom stereocenters. The summed E-state index contributed by atoms with van der Waals surface area (Å²) in [6.45, 7) is 10.2. The van der Waals surface area contributed by atoms with Gasteiger partial charge in [0.05, 0.1) is 0 Å². The van der Waals surface area contributed by atoms with Crippen molar-refractivity contribution in [2.75, 3.05) is 0 Å². The predicted molar refractivity (Wildman–Crippen MR) is 48.4 cm³/mol. The van der Waals surface area contributed by atoms with E-state index < -0.39 is 0 Å². The summed E-state index contributed by atoms with van der Waals surface area (Å²) in [7, 11) is 0. The van der Waals surface area contributed by atoms with Gasteiger partial charge in [0.25, 0.3) is 0 Å². The van der Waals surface area contributed by atoms with Crippen molar-refractivity contribution in [3.8, 4) is 0 Å². The van der Waals surface area contributed by atoms with Gasteiger partial charge in [-0.1, -0.05) is 33.8 Å². The number of hydrogen-bond acceptors (Lipinski definition) is 1. The normalized spacial score (nSPS) is 12.9. The van der Waals surface area contributed by atoms with E-state index >= 15 is 0 Å². The topological polar surface area (TPSA) is 17.1 Å². The van der Waals surface area contributed by atoms with E-state index in [9.17, 15) is 4.79 Å². The van der Waals surface area contributed by atoms with Gasteiger partial charge in [-0.25, -0.2) is 0 Å². The molecule has 11 heavy (non-hydrogen) atoms. The Morgan fingerprint density at radius 1 is 1.36 bits per heavy atom. The molecular formula is C10H18O. The van der Waals surface area contributed by atoms with Gasteiger partial charge in [0.1, 0.15) is 0 Å². The second kappa shape index (κ2) is 3.70. The van der Waals surface area contributed by atoms with Crippen LogP contribution < -0.4 is 0 Å². The van der Waals surface area contributed by atoms with E-state index in [2.05, 4.69) is 27.7 Å². The number of carbonyl (C=O) groups excluding carboxylic acids is 1. The Balaban J connectivity index is 4.23. The third-order valence-electron chi connectivity index (χ3n) is 2.24. The van der Waals surface area contributed by atoms with E-state index in [-0.39, 0.29) is 11.2 Å². The van der Waals surface area contributed by atoms with Gasteiger partial charge in [-0.05, 0) is 24.3 Å². The molecule has 0 aliphatic heterocycles. The third-order valence-corrected chi connectivity index (χ3v) is 2.24. The zero-order valence-electron chi connectivity index (χ0n) is 8.14. The molecule has 1 heteroatoms. The second-order valence-corrected chi connectivity index (χ2v) is 3.92. The maximum Gasteiger partial charge on any atom is 0.152 e. The van der Waals surface area contributed by atoms with Crippen LogP contribution in [0, 0.1) is 11.3 Å². The molecule has 0 aromatic rings. The Labute approximate surface area is 69.5 Å². The van der Waals surface area contributed by atoms with Crippen LogP contribution in [0.2, 0.25) is 0 Å². The van der Waals surface area contributed by atoms with Crippen molar-refractivity contribution in [2.45, 2.75) is 34.6 Å². The van der Waals surface area contributed by atoms with Crippen molar-refractivity contribution < 1.29 is 4.79 Å². The molecule has 0 amide bonds. The summed E-state index contributed by atoms with van der Waals surface area (Å²) in [5.74, 6) is 0.692. The van der Waals surface area contributed by atoms with Gasteiger partial charge < -0.3 is 0 Å². The Kier molecular flexibility index (Phi) is 3.50. The van der Waals surface area contributed by atoms with Crippen molar-refractivity contribution in [1.29, 1.82) is 0 Å². The lowest BCUT2D eigenvalue weighted by atomic mass is 9.81. The van der Waals surface area contributed by atoms with Crippen molar-refractivity contribution in [2.24, 2.45) is 11.3 Å². The molecule has 1 nitrogen and oxygen atoms in total. The monoisotopic (exact) mass is 154 g/mol. The maximum absolute atomic E-state index is 10.6. The Morgan fingerprint density at radius 2 is 1.82 bits per heavy atom. The molecule has 0 fully saturated rings. The SMILES string of the molecule is CC(=O)/C=C/C(C)(C)C(C)C. The van der Waals surface area contributed by atoms with Crippen molar-refractivity contribution in [3.63, 3.8) is 0 Å². The van der Waals surface area contributed by atoms with Crippen LogP contribution in [-0.2, 0) is 4.79 Å². The lowest BCUT2D eigenvalue weighted by molar-refractivity contribution is -0.112. The standard InChI is InChI=1S/C10H18O/c1-8(2)10(4,5)7-6-9(3)11/h6-8H,1-5H3/b7-6+. The number of hydrogen-bond donors (Lipinski definition) is 0. The Morgan fingerprint density at radius 3 is 2.09 bits per heavy atom. The Hall–Kier alpha value is -0.590. The molecule has 64 valence electrons. The van der Waals surface area contributed by atoms with E-state index in [0.717, 1.165) is 0 Å². The first-order valence-electron chi connectivity index (χ1n) is 4.06. The van der Waals surface area contributed by atoms with E-state index in [0.29, 0.717) is 5.92 Å². The zero-order chi connectivity index (χ0) is 9.07. The molecular weight excluding hydrogens is 136 g/mol. The van der Waals surface area contributed by atoms with Crippen molar-refractivity contribution in [3.05, 3.63) is 12.2 Å². The van der Waals surface area contributed by atoms with Gasteiger partial charge in [0.2, 0.25) is 0 Å². The highest BCUT2D eigenvalue weighted by molar-refractivity contribution is 5.87. The molecule has 0 N–H and O–H groups in total. The molecule has 0 radical (unpaired) electrons. The van der Waals surface area contributed by atoms with Gasteiger partial charge in [-0.3, -0.25) is 4.79 Å². The maximum atomic E-state index is 10.6. The van der Waals surface area contributed by atoms with Crippen LogP contribution in [-0.4, -0.2) is 5.78 Å². The summed E-state index contributed by atoms with van der Waals surface area (Å²) in [4.78, 5) is 10.6. The number of ketones is 1. The predicted octanol–water partition coefficient (Wildman–Crippen LogP) is 2.81. The van der Waals surface area contributed by atoms with Gasteiger partial charge in [-0.2, -0.15) is 0 Å². The van der Waals surface area contributed by atoms with E-state index in [1.54, 1.807) is 13.0 Å². The lowest BCUT2D eigenvalue weighted by Gasteiger charge is -2.24. The van der Waals surface area contributed by atoms with Gasteiger partial charge in [-0.15, -0.1) is 0 Å². The second-order valence-electron chi connectivity index (χ2n) is 3.92. The summed E-state index contributed by atoms with van der Waals surface area (Å²) in [5.41, 5.74) is 0.131. The molecule has 0 bridgehead atoms. The van der Waals surface area contributed by atoms with Gasteiger partial charge in [0, 0.05) is 0 Å². The number of rotatable bonds is 3. The molecule has 0 saturated carbocycles. The summed E-state index contributed by atoms with van der Waals surface area (Å²) in [6, 6.07) is 0. The summed E-state index contributed by atoms with van der Waals surface area (Å²) in [6.07, 6.45) is 3.64. The molecule has 0 saturated heterocycles. The van der Waals surface area contributed by atoms with Crippen LogP contribution in [0.25, 0.3) is 0 Å². The van der Waals surface area contributed by atoms with E-state index in [1.807, 2.05) is 6.08 Å². The summed E-state index contributed by atoms with van der Waals surface area (Å²) in [5, 5.41) is 0. The highest BCUT2D eigenvalue weighted by Crippen LogP contribution is 2.27. The molecule has 0 aliphatic carbocycles. The first kappa shape index (κ1) is 10.4. The molecule has 0 aromatic heterocycles. The lowest BCUT2D eigenvalue weighted by Crippen LogP contribution is -2.15. The highest BCUT2D eigenvalue weighted by atomic mass is 16.1. The van der Waals surface area contributed by atoms with Crippen molar-refractivity contribution in [1.82, 2.24) is 0 Å². The van der Waals surface area contributed by atoms with E-state index in [4.69, 9.17) is 0 Å². The smallest absolute Gasteiger partial charge is 0.152 e. The van der Waals surface area contributed by atoms with Crippen LogP contribution in [0.1, 0.15) is 34.6 Å². The van der Waals surface area contributed by atoms with Crippen LogP contribution in [0.4, 0.5) is 0 Å².